The average molecular weight is 949 g/mol. The number of carbonyl (C=O) groups is 6. The van der Waals surface area contributed by atoms with Crippen molar-refractivity contribution in [1.82, 2.24) is 25.8 Å². The molecule has 0 spiro atoms. The lowest BCUT2D eigenvalue weighted by molar-refractivity contribution is -0.144. The Labute approximate surface area is 401 Å². The molecular formula is C51H64N8O8S. The number of rotatable bonds is 18. The van der Waals surface area contributed by atoms with Crippen LogP contribution in [-0.2, 0) is 48.0 Å². The Balaban J connectivity index is 0.916. The average Bonchev–Trinajstić information content (AvgIpc) is 4.02. The maximum absolute atomic E-state index is 14.2. The van der Waals surface area contributed by atoms with E-state index >= 15 is 0 Å². The normalized spacial score (nSPS) is 20.2. The molecule has 3 aliphatic rings. The summed E-state index contributed by atoms with van der Waals surface area (Å²) in [6, 6.07) is 16.7. The maximum Gasteiger partial charge on any atom is 0.246 e. The summed E-state index contributed by atoms with van der Waals surface area (Å²) in [5.74, 6) is -1.79. The highest BCUT2D eigenvalue weighted by molar-refractivity contribution is 7.13. The number of aliphatic hydroxyl groups is 1. The van der Waals surface area contributed by atoms with Crippen LogP contribution in [0.3, 0.4) is 0 Å². The first-order valence-electron chi connectivity index (χ1n) is 23.5. The second-order valence-corrected chi connectivity index (χ2v) is 20.3. The van der Waals surface area contributed by atoms with Crippen molar-refractivity contribution in [2.24, 2.45) is 16.9 Å². The number of amides is 6. The third-order valence-electron chi connectivity index (χ3n) is 13.1. The van der Waals surface area contributed by atoms with Gasteiger partial charge in [-0.3, -0.25) is 33.7 Å². The van der Waals surface area contributed by atoms with E-state index in [9.17, 15) is 33.9 Å². The number of para-hydroxylation sites is 1. The fraction of sp³-hybridized carbons (Fsp3) is 0.471. The summed E-state index contributed by atoms with van der Waals surface area (Å²) in [6.45, 7) is 9.38. The van der Waals surface area contributed by atoms with Crippen LogP contribution in [0.5, 0.6) is 5.75 Å². The van der Waals surface area contributed by atoms with Crippen LogP contribution in [0.1, 0.15) is 100 Å². The number of hydrogen-bond acceptors (Lipinski definition) is 11. The second-order valence-electron chi connectivity index (χ2n) is 19.4. The topological polar surface area (TPSA) is 239 Å². The number of thiazole rings is 1. The minimum atomic E-state index is -0.959. The number of ether oxygens (including phenoxy) is 1. The highest BCUT2D eigenvalue weighted by Crippen LogP contribution is 2.39. The predicted octanol–water partition coefficient (Wildman–Crippen LogP) is 4.17. The van der Waals surface area contributed by atoms with Crippen LogP contribution in [0.15, 0.2) is 72.2 Å². The first-order valence-corrected chi connectivity index (χ1v) is 24.3. The van der Waals surface area contributed by atoms with Gasteiger partial charge in [-0.25, -0.2) is 4.98 Å². The number of aryl methyl sites for hydroxylation is 3. The summed E-state index contributed by atoms with van der Waals surface area (Å²) >= 11 is 1.57. The molecule has 68 heavy (non-hydrogen) atoms. The van der Waals surface area contributed by atoms with Gasteiger partial charge in [0.2, 0.25) is 35.4 Å². The Bertz CT molecular complexity index is 2510. The molecule has 1 fully saturated rings. The van der Waals surface area contributed by atoms with Gasteiger partial charge >= 0.3 is 0 Å². The fourth-order valence-corrected chi connectivity index (χ4v) is 10.2. The van der Waals surface area contributed by atoms with Crippen molar-refractivity contribution < 1.29 is 38.6 Å². The molecule has 0 unspecified atom stereocenters. The van der Waals surface area contributed by atoms with E-state index < -0.39 is 53.5 Å². The first kappa shape index (κ1) is 49.7. The van der Waals surface area contributed by atoms with Gasteiger partial charge in [-0.2, -0.15) is 0 Å². The van der Waals surface area contributed by atoms with E-state index in [2.05, 4.69) is 20.9 Å². The zero-order valence-corrected chi connectivity index (χ0v) is 40.3. The summed E-state index contributed by atoms with van der Waals surface area (Å²) in [6.07, 6.45) is 1.99. The number of nitrogens with one attached hydrogen (secondary N) is 3. The van der Waals surface area contributed by atoms with E-state index in [4.69, 9.17) is 16.2 Å². The molecule has 0 saturated carbocycles. The van der Waals surface area contributed by atoms with E-state index in [1.165, 1.54) is 4.90 Å². The molecule has 1 saturated heterocycles. The van der Waals surface area contributed by atoms with E-state index in [1.54, 1.807) is 22.3 Å². The Morgan fingerprint density at radius 3 is 2.38 bits per heavy atom. The number of anilines is 1. The molecule has 4 aromatic rings. The molecule has 16 nitrogen and oxygen atoms in total. The summed E-state index contributed by atoms with van der Waals surface area (Å²) in [5, 5.41) is 19.7. The highest BCUT2D eigenvalue weighted by atomic mass is 32.1. The fourth-order valence-electron chi connectivity index (χ4n) is 9.36. The molecule has 3 aliphatic heterocycles. The van der Waals surface area contributed by atoms with Crippen molar-refractivity contribution in [3.8, 4) is 16.2 Å². The lowest BCUT2D eigenvalue weighted by Crippen LogP contribution is -2.57. The van der Waals surface area contributed by atoms with Crippen molar-refractivity contribution in [2.45, 2.75) is 135 Å². The molecule has 17 heteroatoms. The van der Waals surface area contributed by atoms with Crippen LogP contribution >= 0.6 is 11.3 Å². The standard InChI is InChI=1S/C51H64N8O8S/c1-29(32-15-17-34(18-16-32)45-30(2)54-28-68-45)55-47(63)40-25-37(60)26-58(40)50(66)46(51(3,4)5)57-43(62)14-7-10-31-9-6-13-38(23-31)67-27-36(20-22-42(53)61)56-48(64)41-24-35-12-8-11-33-19-21-39(52)49(65)59(41)44(33)35/h6,8-9,11-13,15-18,23,28-29,36-37,39-41,46,60H,7,10,14,19-22,24-27,52H2,1-5H3,(H2,53,61)(H,55,63)(H,56,64)(H,57,62)/t29-,36-,37+,39-,40-,41-,46+/m0/s1. The number of carbonyl (C=O) groups excluding carboxylic acids is 6. The number of hydrogen-bond donors (Lipinski definition) is 6. The van der Waals surface area contributed by atoms with E-state index in [0.29, 0.717) is 37.9 Å². The van der Waals surface area contributed by atoms with Crippen LogP contribution in [0.2, 0.25) is 0 Å². The van der Waals surface area contributed by atoms with Gasteiger partial charge in [0.25, 0.3) is 0 Å². The van der Waals surface area contributed by atoms with Gasteiger partial charge in [0.1, 0.15) is 30.5 Å². The van der Waals surface area contributed by atoms with Crippen molar-refractivity contribution in [2.75, 3.05) is 18.1 Å². The second kappa shape index (κ2) is 21.4. The van der Waals surface area contributed by atoms with Crippen LogP contribution < -0.4 is 37.1 Å². The van der Waals surface area contributed by atoms with Gasteiger partial charge in [0.05, 0.1) is 46.0 Å². The zero-order chi connectivity index (χ0) is 48.9. The lowest BCUT2D eigenvalue weighted by atomic mass is 9.85. The minimum Gasteiger partial charge on any atom is -0.491 e. The molecule has 6 amide bonds. The number of aromatic nitrogens is 1. The zero-order valence-electron chi connectivity index (χ0n) is 39.5. The Morgan fingerprint density at radius 1 is 0.956 bits per heavy atom. The maximum atomic E-state index is 14.2. The van der Waals surface area contributed by atoms with Gasteiger partial charge in [-0.05, 0) is 91.3 Å². The largest absolute Gasteiger partial charge is 0.491 e. The van der Waals surface area contributed by atoms with Gasteiger partial charge < -0.3 is 42.2 Å². The molecule has 7 rings (SSSR count). The number of primary amides is 1. The van der Waals surface area contributed by atoms with Gasteiger partial charge in [0.15, 0.2) is 0 Å². The summed E-state index contributed by atoms with van der Waals surface area (Å²) in [7, 11) is 0. The number of aliphatic hydroxyl groups excluding tert-OH is 1. The van der Waals surface area contributed by atoms with Crippen molar-refractivity contribution >= 4 is 52.5 Å². The van der Waals surface area contributed by atoms with Crippen LogP contribution in [0.25, 0.3) is 10.4 Å². The number of benzene rings is 3. The number of nitrogens with zero attached hydrogens (tertiary/aromatic N) is 3. The Hall–Kier alpha value is -6.17. The van der Waals surface area contributed by atoms with Crippen LogP contribution in [0, 0.1) is 12.3 Å². The smallest absolute Gasteiger partial charge is 0.246 e. The van der Waals surface area contributed by atoms with Crippen LogP contribution in [0.4, 0.5) is 5.69 Å². The van der Waals surface area contributed by atoms with Crippen molar-refractivity contribution in [3.05, 3.63) is 100 Å². The first-order chi connectivity index (χ1) is 32.4. The van der Waals surface area contributed by atoms with Crippen molar-refractivity contribution in [1.29, 1.82) is 0 Å². The number of β-amino-alcohol motifs (C(OH)–C–C–N with tert-alkyl or cyclic N) is 1. The van der Waals surface area contributed by atoms with Gasteiger partial charge in [-0.1, -0.05) is 75.4 Å². The molecule has 7 atom stereocenters. The van der Waals surface area contributed by atoms with E-state index in [0.717, 1.165) is 44.1 Å². The van der Waals surface area contributed by atoms with Gasteiger partial charge in [0, 0.05) is 32.2 Å². The quantitative estimate of drug-likeness (QED) is 0.0833. The Morgan fingerprint density at radius 2 is 1.68 bits per heavy atom. The molecule has 0 radical (unpaired) electrons. The summed E-state index contributed by atoms with van der Waals surface area (Å²) < 4.78 is 6.16. The summed E-state index contributed by atoms with van der Waals surface area (Å²) in [5.41, 5.74) is 19.3. The minimum absolute atomic E-state index is 0.0146. The van der Waals surface area contributed by atoms with E-state index in [1.807, 2.05) is 101 Å². The van der Waals surface area contributed by atoms with Crippen molar-refractivity contribution in [3.63, 3.8) is 0 Å². The molecule has 0 aliphatic carbocycles. The molecular weight excluding hydrogens is 885 g/mol. The number of nitrogens with two attached hydrogens (primary N) is 2. The molecule has 0 bridgehead atoms. The molecule has 3 aromatic carbocycles. The highest BCUT2D eigenvalue weighted by Gasteiger charge is 2.45. The monoisotopic (exact) mass is 948 g/mol. The third kappa shape index (κ3) is 11.7. The summed E-state index contributed by atoms with van der Waals surface area (Å²) in [4.78, 5) is 88.9. The third-order valence-corrected chi connectivity index (χ3v) is 14.1. The molecule has 8 N–H and O–H groups in total. The van der Waals surface area contributed by atoms with Gasteiger partial charge in [-0.15, -0.1) is 11.3 Å². The lowest BCUT2D eigenvalue weighted by Gasteiger charge is -2.35. The van der Waals surface area contributed by atoms with Crippen LogP contribution in [-0.4, -0.2) is 99.9 Å². The van der Waals surface area contributed by atoms with E-state index in [-0.39, 0.29) is 68.5 Å². The number of likely N-dealkylation sites (tertiary alicyclic amines) is 1. The SMILES string of the molecule is Cc1ncsc1-c1ccc([C@H](C)NC(=O)[C@@H]2C[C@@H](O)CN2C(=O)[C@@H](NC(=O)CCCc2cccc(OC[C@H](CCC(N)=O)NC(=O)[C@@H]3Cc4cccc5c4N3C(=O)[C@@H](N)CC5)c2)C(C)(C)C)cc1. The Kier molecular flexibility index (Phi) is 15.7. The predicted molar refractivity (Wildman–Crippen MR) is 259 cm³/mol. The molecule has 1 aromatic heterocycles. The molecule has 4 heterocycles. The molecule has 362 valence electrons.